The minimum atomic E-state index is 0.649. The lowest BCUT2D eigenvalue weighted by Gasteiger charge is -2.11. The van der Waals surface area contributed by atoms with Crippen molar-refractivity contribution in [2.45, 2.75) is 19.9 Å². The lowest BCUT2D eigenvalue weighted by molar-refractivity contribution is 0.336. The van der Waals surface area contributed by atoms with E-state index in [0.717, 1.165) is 40.0 Å². The normalized spacial score (nSPS) is 10.6. The Kier molecular flexibility index (Phi) is 7.40. The molecule has 2 aromatic rings. The molecule has 0 saturated carbocycles. The van der Waals surface area contributed by atoms with Crippen LogP contribution in [0.15, 0.2) is 45.3 Å². The molecule has 0 atom stereocenters. The minimum absolute atomic E-state index is 0.649. The Labute approximate surface area is 154 Å². The quantitative estimate of drug-likeness (QED) is 0.586. The van der Waals surface area contributed by atoms with Crippen LogP contribution in [0.3, 0.4) is 0 Å². The standard InChI is InChI=1S/C18H21Br2NO2/c1-3-23-18-16(19)10-14(11-17(18)20)12-21-9-8-13-4-6-15(22-2)7-5-13/h4-7,10-11,21H,3,8-9,12H2,1-2H3. The zero-order valence-electron chi connectivity index (χ0n) is 13.4. The monoisotopic (exact) mass is 441 g/mol. The molecule has 0 bridgehead atoms. The molecule has 0 heterocycles. The Morgan fingerprint density at radius 3 is 2.22 bits per heavy atom. The van der Waals surface area contributed by atoms with Crippen LogP contribution in [0.4, 0.5) is 0 Å². The molecule has 0 aliphatic heterocycles. The highest BCUT2D eigenvalue weighted by atomic mass is 79.9. The largest absolute Gasteiger partial charge is 0.497 e. The number of halogens is 2. The predicted octanol–water partition coefficient (Wildman–Crippen LogP) is 4.95. The predicted molar refractivity (Wildman–Crippen MR) is 101 cm³/mol. The number of rotatable bonds is 8. The van der Waals surface area contributed by atoms with Gasteiger partial charge in [0.25, 0.3) is 0 Å². The first-order chi connectivity index (χ1) is 11.1. The molecule has 0 radical (unpaired) electrons. The van der Waals surface area contributed by atoms with Crippen molar-refractivity contribution in [1.29, 1.82) is 0 Å². The third-order valence-corrected chi connectivity index (χ3v) is 4.60. The van der Waals surface area contributed by atoms with E-state index in [9.17, 15) is 0 Å². The van der Waals surface area contributed by atoms with Gasteiger partial charge in [0.1, 0.15) is 11.5 Å². The number of benzene rings is 2. The van der Waals surface area contributed by atoms with E-state index in [2.05, 4.69) is 61.4 Å². The summed E-state index contributed by atoms with van der Waals surface area (Å²) < 4.78 is 12.7. The van der Waals surface area contributed by atoms with Gasteiger partial charge in [0.2, 0.25) is 0 Å². The fourth-order valence-electron chi connectivity index (χ4n) is 2.25. The van der Waals surface area contributed by atoms with Crippen molar-refractivity contribution >= 4 is 31.9 Å². The van der Waals surface area contributed by atoms with Crippen LogP contribution in [0.5, 0.6) is 11.5 Å². The van der Waals surface area contributed by atoms with E-state index in [1.165, 1.54) is 11.1 Å². The Morgan fingerprint density at radius 2 is 1.65 bits per heavy atom. The summed E-state index contributed by atoms with van der Waals surface area (Å²) in [4.78, 5) is 0. The van der Waals surface area contributed by atoms with Crippen LogP contribution in [0.1, 0.15) is 18.1 Å². The highest BCUT2D eigenvalue weighted by Crippen LogP contribution is 2.34. The molecule has 0 amide bonds. The molecule has 2 aromatic carbocycles. The second-order valence-electron chi connectivity index (χ2n) is 5.10. The summed E-state index contributed by atoms with van der Waals surface area (Å²) in [7, 11) is 1.68. The second kappa shape index (κ2) is 9.30. The fraction of sp³-hybridized carbons (Fsp3) is 0.333. The molecular formula is C18H21Br2NO2. The molecule has 2 rings (SSSR count). The Balaban J connectivity index is 1.84. The van der Waals surface area contributed by atoms with Gasteiger partial charge in [0.05, 0.1) is 22.7 Å². The summed E-state index contributed by atoms with van der Waals surface area (Å²) in [5.74, 6) is 1.75. The molecule has 0 saturated heterocycles. The Morgan fingerprint density at radius 1 is 1.00 bits per heavy atom. The number of nitrogens with one attached hydrogen (secondary N) is 1. The minimum Gasteiger partial charge on any atom is -0.497 e. The molecule has 3 nitrogen and oxygen atoms in total. The number of hydrogen-bond acceptors (Lipinski definition) is 3. The van der Waals surface area contributed by atoms with Gasteiger partial charge in [-0.2, -0.15) is 0 Å². The van der Waals surface area contributed by atoms with Gasteiger partial charge < -0.3 is 14.8 Å². The van der Waals surface area contributed by atoms with Gasteiger partial charge in [-0.05, 0) is 87.1 Å². The summed E-state index contributed by atoms with van der Waals surface area (Å²) in [6.45, 7) is 4.37. The van der Waals surface area contributed by atoms with Gasteiger partial charge in [-0.3, -0.25) is 0 Å². The van der Waals surface area contributed by atoms with Gasteiger partial charge in [-0.1, -0.05) is 12.1 Å². The molecule has 0 aliphatic rings. The number of ether oxygens (including phenoxy) is 2. The molecule has 0 fully saturated rings. The van der Waals surface area contributed by atoms with Crippen LogP contribution < -0.4 is 14.8 Å². The van der Waals surface area contributed by atoms with E-state index < -0.39 is 0 Å². The van der Waals surface area contributed by atoms with Crippen molar-refractivity contribution in [1.82, 2.24) is 5.32 Å². The van der Waals surface area contributed by atoms with Crippen molar-refractivity contribution in [3.8, 4) is 11.5 Å². The van der Waals surface area contributed by atoms with E-state index in [0.29, 0.717) is 6.61 Å². The zero-order chi connectivity index (χ0) is 16.7. The summed E-state index contributed by atoms with van der Waals surface area (Å²) in [6.07, 6.45) is 0.989. The molecule has 23 heavy (non-hydrogen) atoms. The van der Waals surface area contributed by atoms with Crippen molar-refractivity contribution in [2.24, 2.45) is 0 Å². The zero-order valence-corrected chi connectivity index (χ0v) is 16.5. The van der Waals surface area contributed by atoms with Crippen molar-refractivity contribution < 1.29 is 9.47 Å². The van der Waals surface area contributed by atoms with Crippen LogP contribution in [0.2, 0.25) is 0 Å². The molecule has 0 unspecified atom stereocenters. The first-order valence-electron chi connectivity index (χ1n) is 7.58. The smallest absolute Gasteiger partial charge is 0.147 e. The van der Waals surface area contributed by atoms with E-state index in [4.69, 9.17) is 9.47 Å². The van der Waals surface area contributed by atoms with E-state index >= 15 is 0 Å². The third kappa shape index (κ3) is 5.52. The van der Waals surface area contributed by atoms with E-state index in [-0.39, 0.29) is 0 Å². The second-order valence-corrected chi connectivity index (χ2v) is 6.81. The summed E-state index contributed by atoms with van der Waals surface area (Å²) in [5, 5.41) is 3.47. The number of hydrogen-bond donors (Lipinski definition) is 1. The van der Waals surface area contributed by atoms with Crippen molar-refractivity contribution in [2.75, 3.05) is 20.3 Å². The number of methoxy groups -OCH3 is 1. The van der Waals surface area contributed by atoms with Gasteiger partial charge >= 0.3 is 0 Å². The molecule has 0 spiro atoms. The van der Waals surface area contributed by atoms with Crippen molar-refractivity contribution in [3.05, 3.63) is 56.5 Å². The average molecular weight is 443 g/mol. The van der Waals surface area contributed by atoms with Crippen LogP contribution in [-0.2, 0) is 13.0 Å². The maximum absolute atomic E-state index is 5.60. The third-order valence-electron chi connectivity index (χ3n) is 3.43. The molecular weight excluding hydrogens is 422 g/mol. The van der Waals surface area contributed by atoms with E-state index in [1.807, 2.05) is 19.1 Å². The molecule has 124 valence electrons. The lowest BCUT2D eigenvalue weighted by atomic mass is 10.1. The van der Waals surface area contributed by atoms with Crippen LogP contribution in [0.25, 0.3) is 0 Å². The summed E-state index contributed by atoms with van der Waals surface area (Å²) in [6, 6.07) is 12.4. The van der Waals surface area contributed by atoms with E-state index in [1.54, 1.807) is 7.11 Å². The SMILES string of the molecule is CCOc1c(Br)cc(CNCCc2ccc(OC)cc2)cc1Br. The van der Waals surface area contributed by atoms with Crippen LogP contribution >= 0.6 is 31.9 Å². The Bertz CT molecular complexity index is 606. The average Bonchev–Trinajstić information content (AvgIpc) is 2.55. The van der Waals surface area contributed by atoms with Gasteiger partial charge in [0.15, 0.2) is 0 Å². The first-order valence-corrected chi connectivity index (χ1v) is 9.17. The van der Waals surface area contributed by atoms with Gasteiger partial charge in [0, 0.05) is 6.54 Å². The van der Waals surface area contributed by atoms with Crippen molar-refractivity contribution in [3.63, 3.8) is 0 Å². The first kappa shape index (κ1) is 18.3. The fourth-order valence-corrected chi connectivity index (χ4v) is 3.76. The van der Waals surface area contributed by atoms with Gasteiger partial charge in [-0.25, -0.2) is 0 Å². The highest BCUT2D eigenvalue weighted by molar-refractivity contribution is 9.11. The lowest BCUT2D eigenvalue weighted by Crippen LogP contribution is -2.16. The molecule has 5 heteroatoms. The Hall–Kier alpha value is -1.04. The van der Waals surface area contributed by atoms with Gasteiger partial charge in [-0.15, -0.1) is 0 Å². The van der Waals surface area contributed by atoms with Crippen LogP contribution in [0, 0.1) is 0 Å². The summed E-state index contributed by atoms with van der Waals surface area (Å²) in [5.41, 5.74) is 2.51. The van der Waals surface area contributed by atoms with Crippen LogP contribution in [-0.4, -0.2) is 20.3 Å². The molecule has 1 N–H and O–H groups in total. The maximum atomic E-state index is 5.60. The maximum Gasteiger partial charge on any atom is 0.147 e. The molecule has 0 aliphatic carbocycles. The summed E-state index contributed by atoms with van der Waals surface area (Å²) >= 11 is 7.13. The highest BCUT2D eigenvalue weighted by Gasteiger charge is 2.08. The molecule has 0 aromatic heterocycles. The topological polar surface area (TPSA) is 30.5 Å².